The van der Waals surface area contributed by atoms with Gasteiger partial charge < -0.3 is 20.5 Å². The van der Waals surface area contributed by atoms with Gasteiger partial charge in [-0.25, -0.2) is 9.97 Å². The number of likely N-dealkylation sites (tertiary alicyclic amines) is 1. The largest absolute Gasteiger partial charge is 0.358 e. The highest BCUT2D eigenvalue weighted by atomic mass is 16.2. The van der Waals surface area contributed by atoms with Crippen LogP contribution in [0.15, 0.2) is 48.9 Å². The molecule has 146 valence electrons. The molecular weight excluding hydrogens is 352 g/mol. The van der Waals surface area contributed by atoms with Gasteiger partial charge in [0.2, 0.25) is 5.91 Å². The summed E-state index contributed by atoms with van der Waals surface area (Å²) in [6.07, 6.45) is 7.60. The fraction of sp³-hybridized carbons (Fsp3) is 0.381. The zero-order chi connectivity index (χ0) is 19.2. The molecule has 0 radical (unpaired) electrons. The Morgan fingerprint density at radius 3 is 2.79 bits per heavy atom. The van der Waals surface area contributed by atoms with Crippen LogP contribution in [0.25, 0.3) is 11.0 Å². The third kappa shape index (κ3) is 4.48. The summed E-state index contributed by atoms with van der Waals surface area (Å²) in [5.41, 5.74) is 1.56. The van der Waals surface area contributed by atoms with Crippen LogP contribution >= 0.6 is 0 Å². The lowest BCUT2D eigenvalue weighted by Gasteiger charge is -2.21. The summed E-state index contributed by atoms with van der Waals surface area (Å²) in [5.74, 6) is 0.635. The van der Waals surface area contributed by atoms with Gasteiger partial charge in [-0.3, -0.25) is 4.79 Å². The fourth-order valence-electron chi connectivity index (χ4n) is 3.70. The average molecular weight is 378 g/mol. The fourth-order valence-corrected chi connectivity index (χ4v) is 3.70. The van der Waals surface area contributed by atoms with Gasteiger partial charge in [-0.1, -0.05) is 18.2 Å². The Hall–Kier alpha value is -2.93. The van der Waals surface area contributed by atoms with E-state index in [0.717, 1.165) is 36.1 Å². The van der Waals surface area contributed by atoms with Crippen LogP contribution < -0.4 is 10.6 Å². The quantitative estimate of drug-likeness (QED) is 0.560. The van der Waals surface area contributed by atoms with Crippen molar-refractivity contribution in [1.29, 1.82) is 0 Å². The van der Waals surface area contributed by atoms with E-state index in [1.807, 2.05) is 42.6 Å². The molecule has 7 nitrogen and oxygen atoms in total. The van der Waals surface area contributed by atoms with Crippen molar-refractivity contribution in [3.63, 3.8) is 0 Å². The second kappa shape index (κ2) is 8.84. The number of aromatic amines is 1. The average Bonchev–Trinajstić information content (AvgIpc) is 3.40. The summed E-state index contributed by atoms with van der Waals surface area (Å²) < 4.78 is 0. The topological polar surface area (TPSA) is 85.9 Å². The van der Waals surface area contributed by atoms with Gasteiger partial charge in [0.25, 0.3) is 0 Å². The Morgan fingerprint density at radius 1 is 1.14 bits per heavy atom. The molecule has 1 aliphatic rings. The number of benzene rings is 1. The number of aromatic nitrogens is 3. The molecule has 1 unspecified atom stereocenters. The molecule has 0 spiro atoms. The highest BCUT2D eigenvalue weighted by Gasteiger charge is 2.21. The zero-order valence-electron chi connectivity index (χ0n) is 15.9. The van der Waals surface area contributed by atoms with Crippen molar-refractivity contribution in [2.24, 2.45) is 0 Å². The Morgan fingerprint density at radius 2 is 1.96 bits per heavy atom. The van der Waals surface area contributed by atoms with Crippen LogP contribution in [0.5, 0.6) is 0 Å². The van der Waals surface area contributed by atoms with E-state index >= 15 is 0 Å². The molecular formula is C21H26N6O. The maximum Gasteiger partial charge on any atom is 0.246 e. The van der Waals surface area contributed by atoms with Gasteiger partial charge in [-0.2, -0.15) is 0 Å². The number of fused-ring (bicyclic) bond motifs is 1. The molecule has 2 aromatic heterocycles. The highest BCUT2D eigenvalue weighted by molar-refractivity contribution is 5.98. The molecule has 7 heteroatoms. The number of nitrogens with zero attached hydrogens (tertiary/aromatic N) is 3. The first-order chi connectivity index (χ1) is 13.8. The Balaban J connectivity index is 1.46. The van der Waals surface area contributed by atoms with E-state index in [2.05, 4.69) is 30.5 Å². The van der Waals surface area contributed by atoms with Crippen molar-refractivity contribution in [2.75, 3.05) is 30.3 Å². The number of rotatable bonds is 8. The lowest BCUT2D eigenvalue weighted by molar-refractivity contribution is -0.117. The first-order valence-electron chi connectivity index (χ1n) is 9.92. The summed E-state index contributed by atoms with van der Waals surface area (Å²) in [5, 5.41) is 7.26. The van der Waals surface area contributed by atoms with Crippen LogP contribution in [0.2, 0.25) is 0 Å². The summed E-state index contributed by atoms with van der Waals surface area (Å²) in [4.78, 5) is 27.1. The number of amides is 1. The van der Waals surface area contributed by atoms with Crippen molar-refractivity contribution >= 4 is 28.4 Å². The van der Waals surface area contributed by atoms with Crippen LogP contribution in [0, 0.1) is 0 Å². The monoisotopic (exact) mass is 378 g/mol. The van der Waals surface area contributed by atoms with Gasteiger partial charge in [0.15, 0.2) is 0 Å². The minimum Gasteiger partial charge on any atom is -0.358 e. The van der Waals surface area contributed by atoms with E-state index in [4.69, 9.17) is 0 Å². The van der Waals surface area contributed by atoms with E-state index in [-0.39, 0.29) is 11.9 Å². The highest BCUT2D eigenvalue weighted by Crippen LogP contribution is 2.20. The molecule has 0 saturated carbocycles. The van der Waals surface area contributed by atoms with Crippen LogP contribution in [-0.2, 0) is 4.79 Å². The first kappa shape index (κ1) is 18.4. The van der Waals surface area contributed by atoms with Crippen LogP contribution in [0.4, 0.5) is 11.5 Å². The minimum absolute atomic E-state index is 0.0464. The van der Waals surface area contributed by atoms with Gasteiger partial charge in [0, 0.05) is 11.9 Å². The lowest BCUT2D eigenvalue weighted by Crippen LogP contribution is -2.36. The second-order valence-corrected chi connectivity index (χ2v) is 7.21. The van der Waals surface area contributed by atoms with E-state index in [1.54, 1.807) is 0 Å². The SMILES string of the molecule is O=C(Nc1ccccc1)C(CCCN1CCCC1)Nc1ncnc2[nH]ccc12. The summed E-state index contributed by atoms with van der Waals surface area (Å²) >= 11 is 0. The molecule has 28 heavy (non-hydrogen) atoms. The second-order valence-electron chi connectivity index (χ2n) is 7.21. The molecule has 3 aromatic rings. The number of carbonyl (C=O) groups excluding carboxylic acids is 1. The van der Waals surface area contributed by atoms with Gasteiger partial charge in [0.05, 0.1) is 5.39 Å². The minimum atomic E-state index is -0.365. The molecule has 1 aromatic carbocycles. The van der Waals surface area contributed by atoms with Crippen LogP contribution in [0.3, 0.4) is 0 Å². The maximum atomic E-state index is 13.0. The van der Waals surface area contributed by atoms with Gasteiger partial charge in [0.1, 0.15) is 23.8 Å². The normalized spacial score (nSPS) is 15.6. The predicted molar refractivity (Wildman–Crippen MR) is 111 cm³/mol. The number of anilines is 2. The van der Waals surface area contributed by atoms with E-state index in [0.29, 0.717) is 5.82 Å². The molecule has 1 aliphatic heterocycles. The molecule has 4 rings (SSSR count). The van der Waals surface area contributed by atoms with Gasteiger partial charge in [-0.05, 0) is 63.5 Å². The summed E-state index contributed by atoms with van der Waals surface area (Å²) in [7, 11) is 0. The van der Waals surface area contributed by atoms with Crippen molar-refractivity contribution in [2.45, 2.75) is 31.7 Å². The number of hydrogen-bond acceptors (Lipinski definition) is 5. The van der Waals surface area contributed by atoms with E-state index < -0.39 is 0 Å². The van der Waals surface area contributed by atoms with E-state index in [9.17, 15) is 4.79 Å². The lowest BCUT2D eigenvalue weighted by atomic mass is 10.1. The number of para-hydroxylation sites is 1. The molecule has 1 fully saturated rings. The molecule has 0 bridgehead atoms. The molecule has 1 saturated heterocycles. The third-order valence-corrected chi connectivity index (χ3v) is 5.19. The first-order valence-corrected chi connectivity index (χ1v) is 9.92. The number of hydrogen-bond donors (Lipinski definition) is 3. The number of carbonyl (C=O) groups is 1. The maximum absolute atomic E-state index is 13.0. The Labute approximate surface area is 164 Å². The van der Waals surface area contributed by atoms with Gasteiger partial charge in [-0.15, -0.1) is 0 Å². The summed E-state index contributed by atoms with van der Waals surface area (Å²) in [6, 6.07) is 11.1. The molecule has 3 N–H and O–H groups in total. The smallest absolute Gasteiger partial charge is 0.246 e. The van der Waals surface area contributed by atoms with Crippen LogP contribution in [0.1, 0.15) is 25.7 Å². The molecule has 3 heterocycles. The van der Waals surface area contributed by atoms with Crippen molar-refractivity contribution in [3.05, 3.63) is 48.9 Å². The van der Waals surface area contributed by atoms with Crippen molar-refractivity contribution in [3.8, 4) is 0 Å². The Kier molecular flexibility index (Phi) is 5.82. The standard InChI is InChI=1S/C21H26N6O/c28-21(25-16-7-2-1-3-8-16)18(9-6-14-27-12-4-5-13-27)26-20-17-10-11-22-19(17)23-15-24-20/h1-3,7-8,10-11,15,18H,4-6,9,12-14H2,(H,25,28)(H2,22,23,24,26). The van der Waals surface area contributed by atoms with E-state index in [1.165, 1.54) is 32.3 Å². The Bertz CT molecular complexity index is 903. The molecule has 1 amide bonds. The van der Waals surface area contributed by atoms with Gasteiger partial charge >= 0.3 is 0 Å². The summed E-state index contributed by atoms with van der Waals surface area (Å²) in [6.45, 7) is 3.37. The van der Waals surface area contributed by atoms with Crippen molar-refractivity contribution < 1.29 is 4.79 Å². The number of H-pyrrole nitrogens is 1. The zero-order valence-corrected chi connectivity index (χ0v) is 15.9. The predicted octanol–water partition coefficient (Wildman–Crippen LogP) is 3.25. The van der Waals surface area contributed by atoms with Crippen molar-refractivity contribution in [1.82, 2.24) is 19.9 Å². The third-order valence-electron chi connectivity index (χ3n) is 5.19. The molecule has 1 atom stereocenters. The molecule has 0 aliphatic carbocycles. The van der Waals surface area contributed by atoms with Crippen LogP contribution in [-0.4, -0.2) is 51.4 Å². The number of nitrogens with one attached hydrogen (secondary N) is 3.